The first-order valence-electron chi connectivity index (χ1n) is 10.4. The highest BCUT2D eigenvalue weighted by Gasteiger charge is 2.40. The molecule has 0 radical (unpaired) electrons. The second-order valence-corrected chi connectivity index (χ2v) is 8.24. The van der Waals surface area contributed by atoms with Gasteiger partial charge in [0.2, 0.25) is 0 Å². The summed E-state index contributed by atoms with van der Waals surface area (Å²) < 4.78 is 11.7. The van der Waals surface area contributed by atoms with Crippen molar-refractivity contribution in [1.82, 2.24) is 5.32 Å². The molecule has 1 saturated heterocycles. The van der Waals surface area contributed by atoms with E-state index in [1.165, 1.54) is 0 Å². The van der Waals surface area contributed by atoms with Crippen LogP contribution in [0.25, 0.3) is 0 Å². The Bertz CT molecular complexity index is 858. The SMILES string of the molecule is C/C(=C\COc1ccc(CCNC(=O)c2ccccc2)cc1)C1CC(O)C(C)(C)O1. The molecule has 0 saturated carbocycles. The summed E-state index contributed by atoms with van der Waals surface area (Å²) in [4.78, 5) is 12.1. The van der Waals surface area contributed by atoms with Gasteiger partial charge in [-0.3, -0.25) is 4.79 Å². The predicted molar refractivity (Wildman–Crippen MR) is 118 cm³/mol. The first kappa shape index (κ1) is 22.1. The average molecular weight is 410 g/mol. The lowest BCUT2D eigenvalue weighted by atomic mass is 9.99. The molecule has 1 aliphatic heterocycles. The molecule has 5 heteroatoms. The lowest BCUT2D eigenvalue weighted by molar-refractivity contribution is -0.0472. The molecule has 30 heavy (non-hydrogen) atoms. The summed E-state index contributed by atoms with van der Waals surface area (Å²) in [5, 5.41) is 13.0. The maximum absolute atomic E-state index is 12.1. The molecule has 1 aliphatic rings. The highest BCUT2D eigenvalue weighted by atomic mass is 16.5. The number of aliphatic hydroxyl groups excluding tert-OH is 1. The fraction of sp³-hybridized carbons (Fsp3) is 0.400. The minimum absolute atomic E-state index is 0.0557. The van der Waals surface area contributed by atoms with Crippen LogP contribution in [0, 0.1) is 0 Å². The molecule has 2 aromatic carbocycles. The van der Waals surface area contributed by atoms with Crippen LogP contribution in [-0.4, -0.2) is 42.0 Å². The molecule has 1 amide bonds. The first-order chi connectivity index (χ1) is 14.3. The van der Waals surface area contributed by atoms with E-state index in [1.54, 1.807) is 12.1 Å². The maximum atomic E-state index is 12.1. The van der Waals surface area contributed by atoms with Crippen molar-refractivity contribution in [2.24, 2.45) is 0 Å². The zero-order valence-corrected chi connectivity index (χ0v) is 17.9. The van der Waals surface area contributed by atoms with Crippen molar-refractivity contribution >= 4 is 5.91 Å². The number of nitrogens with one attached hydrogen (secondary N) is 1. The van der Waals surface area contributed by atoms with E-state index in [2.05, 4.69) is 5.32 Å². The number of hydrogen-bond donors (Lipinski definition) is 2. The van der Waals surface area contributed by atoms with Crippen molar-refractivity contribution in [3.05, 3.63) is 77.4 Å². The minimum Gasteiger partial charge on any atom is -0.490 e. The van der Waals surface area contributed by atoms with Crippen LogP contribution in [0.2, 0.25) is 0 Å². The molecule has 2 N–H and O–H groups in total. The average Bonchev–Trinajstić information content (AvgIpc) is 3.02. The van der Waals surface area contributed by atoms with Gasteiger partial charge in [0.15, 0.2) is 0 Å². The van der Waals surface area contributed by atoms with Gasteiger partial charge in [-0.05, 0) is 68.7 Å². The molecule has 1 heterocycles. The Morgan fingerprint density at radius 2 is 1.90 bits per heavy atom. The summed E-state index contributed by atoms with van der Waals surface area (Å²) >= 11 is 0. The molecule has 0 aliphatic carbocycles. The van der Waals surface area contributed by atoms with Crippen LogP contribution in [0.1, 0.15) is 43.1 Å². The van der Waals surface area contributed by atoms with E-state index in [4.69, 9.17) is 9.47 Å². The zero-order chi connectivity index (χ0) is 21.6. The maximum Gasteiger partial charge on any atom is 0.251 e. The fourth-order valence-corrected chi connectivity index (χ4v) is 3.42. The second kappa shape index (κ2) is 9.92. The molecule has 1 fully saturated rings. The number of ether oxygens (including phenoxy) is 2. The van der Waals surface area contributed by atoms with Crippen molar-refractivity contribution in [2.45, 2.75) is 51.4 Å². The Morgan fingerprint density at radius 3 is 2.53 bits per heavy atom. The van der Waals surface area contributed by atoms with Crippen LogP contribution < -0.4 is 10.1 Å². The molecule has 2 aromatic rings. The van der Waals surface area contributed by atoms with Gasteiger partial charge >= 0.3 is 0 Å². The predicted octanol–water partition coefficient (Wildman–Crippen LogP) is 3.91. The zero-order valence-electron chi connectivity index (χ0n) is 17.9. The number of hydrogen-bond acceptors (Lipinski definition) is 4. The third-order valence-electron chi connectivity index (χ3n) is 5.51. The summed E-state index contributed by atoms with van der Waals surface area (Å²) in [5.41, 5.74) is 2.38. The van der Waals surface area contributed by atoms with E-state index in [0.29, 0.717) is 25.1 Å². The van der Waals surface area contributed by atoms with Gasteiger partial charge in [0, 0.05) is 18.5 Å². The summed E-state index contributed by atoms with van der Waals surface area (Å²) in [6, 6.07) is 17.1. The number of carbonyl (C=O) groups excluding carboxylic acids is 1. The van der Waals surface area contributed by atoms with Gasteiger partial charge in [-0.1, -0.05) is 30.3 Å². The lowest BCUT2D eigenvalue weighted by Gasteiger charge is -2.22. The Kier molecular flexibility index (Phi) is 7.29. The third-order valence-corrected chi connectivity index (χ3v) is 5.51. The molecule has 0 bridgehead atoms. The molecule has 2 unspecified atom stereocenters. The van der Waals surface area contributed by atoms with Crippen LogP contribution in [0.4, 0.5) is 0 Å². The van der Waals surface area contributed by atoms with Crippen LogP contribution in [-0.2, 0) is 11.2 Å². The largest absolute Gasteiger partial charge is 0.490 e. The van der Waals surface area contributed by atoms with Crippen molar-refractivity contribution in [3.63, 3.8) is 0 Å². The Labute approximate surface area is 178 Å². The summed E-state index contributed by atoms with van der Waals surface area (Å²) in [7, 11) is 0. The molecular formula is C25H31NO4. The van der Waals surface area contributed by atoms with Crippen molar-refractivity contribution in [2.75, 3.05) is 13.2 Å². The van der Waals surface area contributed by atoms with Crippen LogP contribution in [0.3, 0.4) is 0 Å². The molecule has 160 valence electrons. The highest BCUT2D eigenvalue weighted by Crippen LogP contribution is 2.33. The number of rotatable bonds is 8. The Balaban J connectivity index is 1.41. The van der Waals surface area contributed by atoms with Gasteiger partial charge in [-0.25, -0.2) is 0 Å². The van der Waals surface area contributed by atoms with E-state index >= 15 is 0 Å². The van der Waals surface area contributed by atoms with Gasteiger partial charge < -0.3 is 19.9 Å². The van der Waals surface area contributed by atoms with Crippen molar-refractivity contribution in [1.29, 1.82) is 0 Å². The fourth-order valence-electron chi connectivity index (χ4n) is 3.42. The van der Waals surface area contributed by atoms with Gasteiger partial charge in [0.1, 0.15) is 12.4 Å². The van der Waals surface area contributed by atoms with Crippen LogP contribution in [0.5, 0.6) is 5.75 Å². The van der Waals surface area contributed by atoms with Crippen molar-refractivity contribution < 1.29 is 19.4 Å². The van der Waals surface area contributed by atoms with E-state index in [-0.39, 0.29) is 12.0 Å². The molecule has 5 nitrogen and oxygen atoms in total. The quantitative estimate of drug-likeness (QED) is 0.649. The summed E-state index contributed by atoms with van der Waals surface area (Å²) in [6.07, 6.45) is 2.87. The molecule has 0 aromatic heterocycles. The summed E-state index contributed by atoms with van der Waals surface area (Å²) in [5.74, 6) is 0.740. The van der Waals surface area contributed by atoms with Crippen LogP contribution >= 0.6 is 0 Å². The Morgan fingerprint density at radius 1 is 1.20 bits per heavy atom. The molecule has 0 spiro atoms. The highest BCUT2D eigenvalue weighted by molar-refractivity contribution is 5.94. The smallest absolute Gasteiger partial charge is 0.251 e. The van der Waals surface area contributed by atoms with Gasteiger partial charge in [-0.15, -0.1) is 0 Å². The number of aliphatic hydroxyl groups is 1. The van der Waals surface area contributed by atoms with Gasteiger partial charge in [-0.2, -0.15) is 0 Å². The number of carbonyl (C=O) groups is 1. The van der Waals surface area contributed by atoms with Gasteiger partial charge in [0.05, 0.1) is 17.8 Å². The number of benzene rings is 2. The summed E-state index contributed by atoms with van der Waals surface area (Å²) in [6.45, 7) is 6.87. The third kappa shape index (κ3) is 5.94. The number of amides is 1. The normalized spacial score (nSPS) is 20.7. The second-order valence-electron chi connectivity index (χ2n) is 8.24. The van der Waals surface area contributed by atoms with Crippen molar-refractivity contribution in [3.8, 4) is 5.75 Å². The first-order valence-corrected chi connectivity index (χ1v) is 10.4. The van der Waals surface area contributed by atoms with E-state index in [0.717, 1.165) is 23.3 Å². The van der Waals surface area contributed by atoms with Crippen LogP contribution in [0.15, 0.2) is 66.2 Å². The standard InChI is InChI=1S/C25H31NO4/c1-18(22-17-23(27)25(2,3)30-22)14-16-29-21-11-9-19(10-12-21)13-15-26-24(28)20-7-5-4-6-8-20/h4-12,14,22-23,27H,13,15-17H2,1-3H3,(H,26,28)/b18-14+. The van der Waals surface area contributed by atoms with E-state index < -0.39 is 11.7 Å². The van der Waals surface area contributed by atoms with E-state index in [9.17, 15) is 9.90 Å². The minimum atomic E-state index is -0.503. The monoisotopic (exact) mass is 409 g/mol. The molecular weight excluding hydrogens is 378 g/mol. The Hall–Kier alpha value is -2.63. The lowest BCUT2D eigenvalue weighted by Crippen LogP contribution is -2.31. The van der Waals surface area contributed by atoms with Gasteiger partial charge in [0.25, 0.3) is 5.91 Å². The molecule has 3 rings (SSSR count). The molecule has 2 atom stereocenters. The van der Waals surface area contributed by atoms with E-state index in [1.807, 2.05) is 69.3 Å². The topological polar surface area (TPSA) is 67.8 Å².